The minimum absolute atomic E-state index is 0. The Kier molecular flexibility index (Phi) is 9.66. The van der Waals surface area contributed by atoms with Crippen molar-refractivity contribution in [3.8, 4) is 0 Å². The van der Waals surface area contributed by atoms with Crippen molar-refractivity contribution in [1.82, 2.24) is 10.2 Å². The second-order valence-corrected chi connectivity index (χ2v) is 6.38. The topological polar surface area (TPSA) is 58.4 Å². The van der Waals surface area contributed by atoms with Crippen LogP contribution >= 0.6 is 24.8 Å². The zero-order valence-corrected chi connectivity index (χ0v) is 16.3. The maximum Gasteiger partial charge on any atom is 0.237 e. The van der Waals surface area contributed by atoms with Crippen LogP contribution in [0.5, 0.6) is 0 Å². The van der Waals surface area contributed by atoms with E-state index >= 15 is 0 Å². The fourth-order valence-corrected chi connectivity index (χ4v) is 3.28. The molecular formula is C20H27Cl2N3O. The van der Waals surface area contributed by atoms with Crippen LogP contribution in [0.25, 0.3) is 0 Å². The predicted molar refractivity (Wildman–Crippen MR) is 111 cm³/mol. The van der Waals surface area contributed by atoms with Gasteiger partial charge in [-0.15, -0.1) is 24.8 Å². The van der Waals surface area contributed by atoms with Crippen molar-refractivity contribution in [2.45, 2.75) is 31.5 Å². The molecule has 6 heteroatoms. The summed E-state index contributed by atoms with van der Waals surface area (Å²) >= 11 is 0. The summed E-state index contributed by atoms with van der Waals surface area (Å²) in [5.74, 6) is 0.0924. The first-order chi connectivity index (χ1) is 11.7. The van der Waals surface area contributed by atoms with Crippen LogP contribution in [0.3, 0.4) is 0 Å². The van der Waals surface area contributed by atoms with Gasteiger partial charge in [0.25, 0.3) is 0 Å². The number of halogens is 2. The van der Waals surface area contributed by atoms with E-state index in [1.165, 1.54) is 5.56 Å². The SMILES string of the molecule is Cl.Cl.NC(CNC(=O)C1CCCN1Cc1ccccc1)c1ccccc1. The summed E-state index contributed by atoms with van der Waals surface area (Å²) in [6.45, 7) is 2.26. The lowest BCUT2D eigenvalue weighted by molar-refractivity contribution is -0.125. The number of amides is 1. The van der Waals surface area contributed by atoms with Crippen LogP contribution in [-0.2, 0) is 11.3 Å². The molecule has 2 unspecified atom stereocenters. The number of carbonyl (C=O) groups excluding carboxylic acids is 1. The van der Waals surface area contributed by atoms with Crippen LogP contribution in [0.1, 0.15) is 30.0 Å². The fourth-order valence-electron chi connectivity index (χ4n) is 3.28. The Bertz CT molecular complexity index is 655. The van der Waals surface area contributed by atoms with Gasteiger partial charge in [0.05, 0.1) is 6.04 Å². The first-order valence-electron chi connectivity index (χ1n) is 8.60. The number of hydrogen-bond donors (Lipinski definition) is 2. The van der Waals surface area contributed by atoms with E-state index in [1.54, 1.807) is 0 Å². The third-order valence-corrected chi connectivity index (χ3v) is 4.62. The lowest BCUT2D eigenvalue weighted by Crippen LogP contribution is -2.44. The Morgan fingerprint density at radius 2 is 1.69 bits per heavy atom. The van der Waals surface area contributed by atoms with Crippen LogP contribution in [0.15, 0.2) is 60.7 Å². The largest absolute Gasteiger partial charge is 0.353 e. The molecule has 0 aromatic heterocycles. The van der Waals surface area contributed by atoms with Gasteiger partial charge in [0, 0.05) is 19.1 Å². The second kappa shape index (κ2) is 11.2. The molecule has 0 saturated carbocycles. The molecule has 2 aromatic carbocycles. The molecule has 1 aliphatic rings. The third-order valence-electron chi connectivity index (χ3n) is 4.62. The molecule has 26 heavy (non-hydrogen) atoms. The predicted octanol–water partition coefficient (Wildman–Crippen LogP) is 3.31. The fraction of sp³-hybridized carbons (Fsp3) is 0.350. The molecule has 1 heterocycles. The Morgan fingerprint density at radius 3 is 2.35 bits per heavy atom. The Morgan fingerprint density at radius 1 is 1.08 bits per heavy atom. The number of rotatable bonds is 6. The van der Waals surface area contributed by atoms with Gasteiger partial charge in [-0.05, 0) is 30.5 Å². The number of nitrogens with one attached hydrogen (secondary N) is 1. The minimum Gasteiger partial charge on any atom is -0.353 e. The van der Waals surface area contributed by atoms with Crippen molar-refractivity contribution in [3.63, 3.8) is 0 Å². The molecule has 1 fully saturated rings. The molecule has 2 atom stereocenters. The van der Waals surface area contributed by atoms with Crippen LogP contribution in [0.2, 0.25) is 0 Å². The summed E-state index contributed by atoms with van der Waals surface area (Å²) in [7, 11) is 0. The van der Waals surface area contributed by atoms with Crippen molar-refractivity contribution >= 4 is 30.7 Å². The highest BCUT2D eigenvalue weighted by Crippen LogP contribution is 2.20. The average Bonchev–Trinajstić information content (AvgIpc) is 3.09. The Hall–Kier alpha value is -1.59. The van der Waals surface area contributed by atoms with Gasteiger partial charge >= 0.3 is 0 Å². The Labute approximate surface area is 168 Å². The molecule has 0 bridgehead atoms. The molecule has 0 spiro atoms. The molecule has 4 nitrogen and oxygen atoms in total. The van der Waals surface area contributed by atoms with Gasteiger partial charge in [0.15, 0.2) is 0 Å². The standard InChI is InChI=1S/C20H25N3O.2ClH/c21-18(17-10-5-2-6-11-17)14-22-20(24)19-12-7-13-23(19)15-16-8-3-1-4-9-16;;/h1-6,8-11,18-19H,7,12-15,21H2,(H,22,24);2*1H. The molecule has 142 valence electrons. The first kappa shape index (κ1) is 22.5. The molecular weight excluding hydrogens is 369 g/mol. The third kappa shape index (κ3) is 5.99. The molecule has 3 N–H and O–H groups in total. The van der Waals surface area contributed by atoms with Gasteiger partial charge in [-0.3, -0.25) is 9.69 Å². The summed E-state index contributed by atoms with van der Waals surface area (Å²) in [6, 6.07) is 20.0. The number of likely N-dealkylation sites (tertiary alicyclic amines) is 1. The molecule has 0 radical (unpaired) electrons. The second-order valence-electron chi connectivity index (χ2n) is 6.38. The van der Waals surface area contributed by atoms with E-state index in [0.29, 0.717) is 6.54 Å². The summed E-state index contributed by atoms with van der Waals surface area (Å²) in [4.78, 5) is 14.8. The molecule has 1 saturated heterocycles. The molecule has 1 aliphatic heterocycles. The zero-order chi connectivity index (χ0) is 16.8. The molecule has 3 rings (SSSR count). The van der Waals surface area contributed by atoms with E-state index in [1.807, 2.05) is 48.5 Å². The molecule has 1 amide bonds. The van der Waals surface area contributed by atoms with Crippen LogP contribution in [-0.4, -0.2) is 29.9 Å². The molecule has 2 aromatic rings. The van der Waals surface area contributed by atoms with Crippen molar-refractivity contribution in [2.24, 2.45) is 5.73 Å². The maximum atomic E-state index is 12.6. The summed E-state index contributed by atoms with van der Waals surface area (Å²) in [6.07, 6.45) is 1.98. The minimum atomic E-state index is -0.167. The summed E-state index contributed by atoms with van der Waals surface area (Å²) in [5.41, 5.74) is 8.47. The lowest BCUT2D eigenvalue weighted by atomic mass is 10.1. The molecule has 0 aliphatic carbocycles. The van der Waals surface area contributed by atoms with Crippen LogP contribution in [0, 0.1) is 0 Å². The number of nitrogens with zero attached hydrogens (tertiary/aromatic N) is 1. The Balaban J connectivity index is 0.00000169. The monoisotopic (exact) mass is 395 g/mol. The van der Waals surface area contributed by atoms with Crippen molar-refractivity contribution in [1.29, 1.82) is 0 Å². The zero-order valence-electron chi connectivity index (χ0n) is 14.7. The quantitative estimate of drug-likeness (QED) is 0.788. The van der Waals surface area contributed by atoms with Gasteiger partial charge in [0.2, 0.25) is 5.91 Å². The smallest absolute Gasteiger partial charge is 0.237 e. The van der Waals surface area contributed by atoms with Crippen molar-refractivity contribution < 1.29 is 4.79 Å². The highest BCUT2D eigenvalue weighted by Gasteiger charge is 2.30. The van der Waals surface area contributed by atoms with Gasteiger partial charge in [0.1, 0.15) is 0 Å². The maximum absolute atomic E-state index is 12.6. The van der Waals surface area contributed by atoms with E-state index in [2.05, 4.69) is 22.3 Å². The van der Waals surface area contributed by atoms with E-state index in [4.69, 9.17) is 5.73 Å². The highest BCUT2D eigenvalue weighted by atomic mass is 35.5. The number of benzene rings is 2. The average molecular weight is 396 g/mol. The highest BCUT2D eigenvalue weighted by molar-refractivity contribution is 5.85. The van der Waals surface area contributed by atoms with E-state index in [-0.39, 0.29) is 42.8 Å². The van der Waals surface area contributed by atoms with Gasteiger partial charge in [-0.2, -0.15) is 0 Å². The van der Waals surface area contributed by atoms with Gasteiger partial charge in [-0.1, -0.05) is 60.7 Å². The number of carbonyl (C=O) groups is 1. The van der Waals surface area contributed by atoms with Gasteiger partial charge in [-0.25, -0.2) is 0 Å². The van der Waals surface area contributed by atoms with Crippen LogP contribution in [0.4, 0.5) is 0 Å². The van der Waals surface area contributed by atoms with Gasteiger partial charge < -0.3 is 11.1 Å². The summed E-state index contributed by atoms with van der Waals surface area (Å²) < 4.78 is 0. The number of nitrogens with two attached hydrogens (primary N) is 1. The van der Waals surface area contributed by atoms with Crippen molar-refractivity contribution in [2.75, 3.05) is 13.1 Å². The lowest BCUT2D eigenvalue weighted by Gasteiger charge is -2.24. The number of hydrogen-bond acceptors (Lipinski definition) is 3. The summed E-state index contributed by atoms with van der Waals surface area (Å²) in [5, 5.41) is 3.03. The van der Waals surface area contributed by atoms with E-state index in [0.717, 1.165) is 31.5 Å². The van der Waals surface area contributed by atoms with E-state index < -0.39 is 0 Å². The van der Waals surface area contributed by atoms with Crippen molar-refractivity contribution in [3.05, 3.63) is 71.8 Å². The van der Waals surface area contributed by atoms with E-state index in [9.17, 15) is 4.79 Å². The van der Waals surface area contributed by atoms with Crippen LogP contribution < -0.4 is 11.1 Å². The first-order valence-corrected chi connectivity index (χ1v) is 8.60. The normalized spacial score (nSPS) is 17.7.